The lowest BCUT2D eigenvalue weighted by molar-refractivity contribution is -0.136. The SMILES string of the molecule is CCOc1ccccc1NC(=O)C(=O)N/N=C\c1ccccc1OCC(=O)Nc1cc(Cl)cc(Cl)c1. The summed E-state index contributed by atoms with van der Waals surface area (Å²) in [5, 5.41) is 9.70. The predicted octanol–water partition coefficient (Wildman–Crippen LogP) is 4.50. The summed E-state index contributed by atoms with van der Waals surface area (Å²) in [6.45, 7) is 1.91. The van der Waals surface area contributed by atoms with Gasteiger partial charge in [-0.1, -0.05) is 47.5 Å². The van der Waals surface area contributed by atoms with Gasteiger partial charge in [-0.05, 0) is 49.4 Å². The lowest BCUT2D eigenvalue weighted by atomic mass is 10.2. The molecule has 0 aliphatic carbocycles. The molecule has 3 amide bonds. The molecule has 3 N–H and O–H groups in total. The van der Waals surface area contributed by atoms with Gasteiger partial charge in [0.25, 0.3) is 5.91 Å². The van der Waals surface area contributed by atoms with E-state index in [0.29, 0.717) is 45.1 Å². The smallest absolute Gasteiger partial charge is 0.329 e. The van der Waals surface area contributed by atoms with E-state index in [9.17, 15) is 14.4 Å². The molecular formula is C25H22Cl2N4O5. The van der Waals surface area contributed by atoms with Crippen molar-refractivity contribution in [2.24, 2.45) is 5.10 Å². The minimum Gasteiger partial charge on any atom is -0.492 e. The summed E-state index contributed by atoms with van der Waals surface area (Å²) < 4.78 is 11.0. The highest BCUT2D eigenvalue weighted by molar-refractivity contribution is 6.39. The van der Waals surface area contributed by atoms with Crippen molar-refractivity contribution in [1.29, 1.82) is 0 Å². The van der Waals surface area contributed by atoms with Crippen molar-refractivity contribution in [2.45, 2.75) is 6.92 Å². The van der Waals surface area contributed by atoms with Crippen LogP contribution in [0.4, 0.5) is 11.4 Å². The Morgan fingerprint density at radius 1 is 0.861 bits per heavy atom. The third-order valence-electron chi connectivity index (χ3n) is 4.44. The second kappa shape index (κ2) is 13.1. The van der Waals surface area contributed by atoms with Crippen molar-refractivity contribution < 1.29 is 23.9 Å². The second-order valence-corrected chi connectivity index (χ2v) is 7.99. The van der Waals surface area contributed by atoms with E-state index in [2.05, 4.69) is 21.2 Å². The van der Waals surface area contributed by atoms with Gasteiger partial charge in [-0.25, -0.2) is 5.43 Å². The van der Waals surface area contributed by atoms with Gasteiger partial charge in [-0.15, -0.1) is 0 Å². The zero-order valence-corrected chi connectivity index (χ0v) is 20.6. The lowest BCUT2D eigenvalue weighted by Gasteiger charge is -2.11. The van der Waals surface area contributed by atoms with Crippen LogP contribution >= 0.6 is 23.2 Å². The van der Waals surface area contributed by atoms with Crippen molar-refractivity contribution in [3.05, 3.63) is 82.3 Å². The molecule has 11 heteroatoms. The zero-order valence-electron chi connectivity index (χ0n) is 19.1. The van der Waals surface area contributed by atoms with Crippen molar-refractivity contribution in [3.63, 3.8) is 0 Å². The quantitative estimate of drug-likeness (QED) is 0.214. The number of carbonyl (C=O) groups is 3. The first-order valence-electron chi connectivity index (χ1n) is 10.7. The summed E-state index contributed by atoms with van der Waals surface area (Å²) in [5.74, 6) is -1.54. The molecular weight excluding hydrogens is 507 g/mol. The maximum absolute atomic E-state index is 12.2. The average Bonchev–Trinajstić information content (AvgIpc) is 2.84. The number of amides is 3. The van der Waals surface area contributed by atoms with Crippen molar-refractivity contribution in [3.8, 4) is 11.5 Å². The number of para-hydroxylation sites is 3. The fourth-order valence-corrected chi connectivity index (χ4v) is 3.45. The van der Waals surface area contributed by atoms with Crippen LogP contribution in [0.3, 0.4) is 0 Å². The standard InChI is InChI=1S/C25H22Cl2N4O5/c1-2-35-22-10-6-4-8-20(22)30-24(33)25(34)31-28-14-16-7-3-5-9-21(16)36-15-23(32)29-19-12-17(26)11-18(27)13-19/h3-14H,2,15H2,1H3,(H,29,32)(H,30,33)(H,31,34)/b28-14-. The lowest BCUT2D eigenvalue weighted by Crippen LogP contribution is -2.32. The van der Waals surface area contributed by atoms with E-state index in [1.807, 2.05) is 6.92 Å². The molecule has 0 unspecified atom stereocenters. The van der Waals surface area contributed by atoms with Crippen LogP contribution in [0.25, 0.3) is 0 Å². The molecule has 0 bridgehead atoms. The van der Waals surface area contributed by atoms with Gasteiger partial charge >= 0.3 is 11.8 Å². The Hall–Kier alpha value is -4.08. The summed E-state index contributed by atoms with van der Waals surface area (Å²) in [6, 6.07) is 18.1. The molecule has 0 aromatic heterocycles. The Morgan fingerprint density at radius 3 is 2.25 bits per heavy atom. The number of benzene rings is 3. The molecule has 0 aliphatic rings. The minimum absolute atomic E-state index is 0.303. The second-order valence-electron chi connectivity index (χ2n) is 7.12. The van der Waals surface area contributed by atoms with Gasteiger partial charge in [0.05, 0.1) is 18.5 Å². The number of nitrogens with one attached hydrogen (secondary N) is 3. The Morgan fingerprint density at radius 2 is 1.53 bits per heavy atom. The molecule has 0 heterocycles. The van der Waals surface area contributed by atoms with Crippen LogP contribution in [0.15, 0.2) is 71.8 Å². The van der Waals surface area contributed by atoms with Crippen molar-refractivity contribution >= 4 is 58.5 Å². The summed E-state index contributed by atoms with van der Waals surface area (Å²) in [4.78, 5) is 36.6. The Kier molecular flexibility index (Phi) is 9.67. The molecule has 36 heavy (non-hydrogen) atoms. The van der Waals surface area contributed by atoms with Crippen LogP contribution in [0.1, 0.15) is 12.5 Å². The van der Waals surface area contributed by atoms with E-state index >= 15 is 0 Å². The van der Waals surface area contributed by atoms with Crippen molar-refractivity contribution in [2.75, 3.05) is 23.8 Å². The number of hydrogen-bond acceptors (Lipinski definition) is 6. The Balaban J connectivity index is 1.55. The number of hydrazone groups is 1. The molecule has 0 radical (unpaired) electrons. The normalized spacial score (nSPS) is 10.5. The molecule has 3 aromatic carbocycles. The molecule has 0 spiro atoms. The van der Waals surface area contributed by atoms with E-state index in [1.54, 1.807) is 66.7 Å². The average molecular weight is 529 g/mol. The fraction of sp³-hybridized carbons (Fsp3) is 0.120. The van der Waals surface area contributed by atoms with Gasteiger partial charge in [0.15, 0.2) is 6.61 Å². The van der Waals surface area contributed by atoms with Crippen LogP contribution < -0.4 is 25.5 Å². The molecule has 0 fully saturated rings. The summed E-state index contributed by atoms with van der Waals surface area (Å²) >= 11 is 11.9. The summed E-state index contributed by atoms with van der Waals surface area (Å²) in [6.07, 6.45) is 1.29. The van der Waals surface area contributed by atoms with Crippen LogP contribution in [0.2, 0.25) is 10.0 Å². The highest BCUT2D eigenvalue weighted by atomic mass is 35.5. The molecule has 0 atom stereocenters. The van der Waals surface area contributed by atoms with Crippen LogP contribution in [-0.2, 0) is 14.4 Å². The van der Waals surface area contributed by atoms with E-state index in [0.717, 1.165) is 0 Å². The van der Waals surface area contributed by atoms with Gasteiger partial charge in [0.2, 0.25) is 0 Å². The Bertz CT molecular complexity index is 1260. The maximum Gasteiger partial charge on any atom is 0.329 e. The molecule has 3 rings (SSSR count). The van der Waals surface area contributed by atoms with Crippen LogP contribution in [0, 0.1) is 0 Å². The molecule has 9 nitrogen and oxygen atoms in total. The molecule has 0 saturated carbocycles. The number of nitrogens with zero attached hydrogens (tertiary/aromatic N) is 1. The topological polar surface area (TPSA) is 118 Å². The van der Waals surface area contributed by atoms with Crippen LogP contribution in [0.5, 0.6) is 11.5 Å². The first-order valence-corrected chi connectivity index (χ1v) is 11.4. The third kappa shape index (κ3) is 8.00. The predicted molar refractivity (Wildman–Crippen MR) is 139 cm³/mol. The van der Waals surface area contributed by atoms with E-state index in [-0.39, 0.29) is 6.61 Å². The maximum atomic E-state index is 12.2. The van der Waals surface area contributed by atoms with Gasteiger partial charge < -0.3 is 20.1 Å². The number of anilines is 2. The van der Waals surface area contributed by atoms with Gasteiger partial charge in [0.1, 0.15) is 11.5 Å². The van der Waals surface area contributed by atoms with Gasteiger partial charge in [0, 0.05) is 21.3 Å². The molecule has 0 saturated heterocycles. The number of hydrogen-bond donors (Lipinski definition) is 3. The Labute approximate surface area is 217 Å². The molecule has 186 valence electrons. The minimum atomic E-state index is -0.976. The van der Waals surface area contributed by atoms with Gasteiger partial charge in [-0.2, -0.15) is 5.10 Å². The number of ether oxygens (including phenoxy) is 2. The zero-order chi connectivity index (χ0) is 25.9. The summed E-state index contributed by atoms with van der Waals surface area (Å²) in [7, 11) is 0. The number of carbonyl (C=O) groups excluding carboxylic acids is 3. The third-order valence-corrected chi connectivity index (χ3v) is 4.87. The van der Waals surface area contributed by atoms with E-state index < -0.39 is 17.7 Å². The highest BCUT2D eigenvalue weighted by Gasteiger charge is 2.15. The first kappa shape index (κ1) is 26.5. The molecule has 3 aromatic rings. The number of rotatable bonds is 9. The monoisotopic (exact) mass is 528 g/mol. The largest absolute Gasteiger partial charge is 0.492 e. The number of halogens is 2. The molecule has 0 aliphatic heterocycles. The van der Waals surface area contributed by atoms with E-state index in [1.165, 1.54) is 6.21 Å². The summed E-state index contributed by atoms with van der Waals surface area (Å²) in [5.41, 5.74) is 3.42. The van der Waals surface area contributed by atoms with Crippen LogP contribution in [-0.4, -0.2) is 37.1 Å². The van der Waals surface area contributed by atoms with Gasteiger partial charge in [-0.3, -0.25) is 14.4 Å². The first-order chi connectivity index (χ1) is 17.4. The highest BCUT2D eigenvalue weighted by Crippen LogP contribution is 2.24. The van der Waals surface area contributed by atoms with Crippen molar-refractivity contribution in [1.82, 2.24) is 5.43 Å². The fourth-order valence-electron chi connectivity index (χ4n) is 2.93. The van der Waals surface area contributed by atoms with E-state index in [4.69, 9.17) is 32.7 Å².